The zero-order valence-electron chi connectivity index (χ0n) is 28.1. The lowest BCUT2D eigenvalue weighted by atomic mass is 9.87. The first kappa shape index (κ1) is 42.4. The number of nitrogens with two attached hydrogens (primary N) is 1. The molecular weight excluding hydrogens is 552 g/mol. The molecule has 44 heavy (non-hydrogen) atoms. The lowest BCUT2D eigenvalue weighted by molar-refractivity contribution is -0.125. The van der Waals surface area contributed by atoms with Crippen molar-refractivity contribution in [1.29, 1.82) is 0 Å². The Morgan fingerprint density at radius 1 is 0.977 bits per heavy atom. The number of hydrazine groups is 1. The minimum atomic E-state index is -0.240. The van der Waals surface area contributed by atoms with E-state index in [-0.39, 0.29) is 11.9 Å². The molecule has 0 saturated heterocycles. The van der Waals surface area contributed by atoms with Gasteiger partial charge in [-0.25, -0.2) is 5.84 Å². The van der Waals surface area contributed by atoms with Crippen LogP contribution in [0.2, 0.25) is 0 Å². The number of aryl methyl sites for hydroxylation is 2. The summed E-state index contributed by atoms with van der Waals surface area (Å²) in [5.74, 6) is 6.92. The Morgan fingerprint density at radius 2 is 1.50 bits per heavy atom. The first-order valence-electron chi connectivity index (χ1n) is 15.2. The van der Waals surface area contributed by atoms with Crippen LogP contribution in [0.5, 0.6) is 5.75 Å². The molecule has 0 spiro atoms. The van der Waals surface area contributed by atoms with Crippen molar-refractivity contribution in [2.75, 3.05) is 27.2 Å². The highest BCUT2D eigenvalue weighted by Gasteiger charge is 2.29. The molecule has 0 bridgehead atoms. The molecule has 1 amide bonds. The molecule has 1 aliphatic carbocycles. The van der Waals surface area contributed by atoms with Gasteiger partial charge in [0.1, 0.15) is 24.9 Å². The summed E-state index contributed by atoms with van der Waals surface area (Å²) in [6.07, 6.45) is 10.1. The molecule has 246 valence electrons. The van der Waals surface area contributed by atoms with E-state index in [9.17, 15) is 4.79 Å². The third kappa shape index (κ3) is 18.7. The number of carbonyl (C=O) groups excluding carboxylic acids is 3. The maximum atomic E-state index is 11.5. The third-order valence-electron chi connectivity index (χ3n) is 7.21. The average molecular weight is 611 g/mol. The molecule has 4 rings (SSSR count). The molecule has 1 heterocycles. The number of likely N-dealkylation sites (N-methyl/N-ethyl adjacent to an activating group) is 1. The quantitative estimate of drug-likeness (QED) is 0.115. The van der Waals surface area contributed by atoms with Crippen LogP contribution in [0, 0.1) is 19.8 Å². The normalized spacial score (nSPS) is 15.7. The van der Waals surface area contributed by atoms with E-state index in [1.165, 1.54) is 56.6 Å². The van der Waals surface area contributed by atoms with Gasteiger partial charge in [0.15, 0.2) is 0 Å². The highest BCUT2D eigenvalue weighted by Crippen LogP contribution is 2.26. The van der Waals surface area contributed by atoms with Crippen LogP contribution in [0.25, 0.3) is 0 Å². The number of rotatable bonds is 6. The van der Waals surface area contributed by atoms with E-state index in [2.05, 4.69) is 74.1 Å². The number of ether oxygens (including phenoxy) is 1. The Hall–Kier alpha value is -3.75. The van der Waals surface area contributed by atoms with Crippen molar-refractivity contribution in [3.63, 3.8) is 0 Å². The number of nitrogens with zero attached hydrogens (tertiary/aromatic N) is 1. The van der Waals surface area contributed by atoms with Crippen LogP contribution in [-0.2, 0) is 14.4 Å². The summed E-state index contributed by atoms with van der Waals surface area (Å²) in [6, 6.07) is 18.4. The minimum Gasteiger partial charge on any atom is -0.494 e. The highest BCUT2D eigenvalue weighted by molar-refractivity contribution is 5.84. The molecule has 1 aliphatic heterocycles. The van der Waals surface area contributed by atoms with Crippen LogP contribution in [-0.4, -0.2) is 57.2 Å². The van der Waals surface area contributed by atoms with Gasteiger partial charge in [0, 0.05) is 19.3 Å². The maximum Gasteiger partial charge on any atom is 0.255 e. The number of aldehydes is 1. The monoisotopic (exact) mass is 610 g/mol. The largest absolute Gasteiger partial charge is 0.494 e. The fraction of sp³-hybridized carbons (Fsp3) is 0.472. The second-order valence-corrected chi connectivity index (χ2v) is 10.4. The summed E-state index contributed by atoms with van der Waals surface area (Å²) >= 11 is 0. The summed E-state index contributed by atoms with van der Waals surface area (Å²) in [5.41, 5.74) is 6.99. The predicted octanol–water partition coefficient (Wildman–Crippen LogP) is 6.34. The molecule has 0 radical (unpaired) electrons. The van der Waals surface area contributed by atoms with E-state index in [1.54, 1.807) is 0 Å². The van der Waals surface area contributed by atoms with Gasteiger partial charge < -0.3 is 19.6 Å². The number of benzene rings is 2. The van der Waals surface area contributed by atoms with E-state index < -0.39 is 0 Å². The molecule has 1 unspecified atom stereocenters. The van der Waals surface area contributed by atoms with Crippen LogP contribution in [0.4, 0.5) is 0 Å². The van der Waals surface area contributed by atoms with Crippen LogP contribution >= 0.6 is 0 Å². The summed E-state index contributed by atoms with van der Waals surface area (Å²) in [7, 11) is 3.80. The summed E-state index contributed by atoms with van der Waals surface area (Å²) in [6.45, 7) is 17.3. The number of amides is 1. The van der Waals surface area contributed by atoms with Gasteiger partial charge in [0.2, 0.25) is 0 Å². The van der Waals surface area contributed by atoms with Crippen LogP contribution in [0.1, 0.15) is 69.9 Å². The molecule has 4 N–H and O–H groups in total. The van der Waals surface area contributed by atoms with Crippen molar-refractivity contribution in [3.8, 4) is 5.75 Å². The van der Waals surface area contributed by atoms with Gasteiger partial charge in [-0.05, 0) is 71.2 Å². The molecule has 2 aliphatic rings. The van der Waals surface area contributed by atoms with Gasteiger partial charge in [-0.15, -0.1) is 13.2 Å². The SMILES string of the molecule is C=C.C=O.CC=O.CNC1=C(C)C(C(=O)NN)N(C)CC1.Cc1ccc(OCCC2CCCCC2)cc1.Cc1ccccc1. The zero-order chi connectivity index (χ0) is 33.8. The van der Waals surface area contributed by atoms with Crippen LogP contribution in [0.15, 0.2) is 79.0 Å². The Bertz CT molecular complexity index is 1020. The van der Waals surface area contributed by atoms with Gasteiger partial charge >= 0.3 is 0 Å². The Morgan fingerprint density at radius 3 is 1.95 bits per heavy atom. The molecule has 2 aromatic rings. The number of carbonyl (C=O) groups is 3. The maximum absolute atomic E-state index is 11.5. The van der Waals surface area contributed by atoms with E-state index in [1.807, 2.05) is 50.9 Å². The zero-order valence-corrected chi connectivity index (χ0v) is 28.1. The highest BCUT2D eigenvalue weighted by atomic mass is 16.5. The molecule has 8 heteroatoms. The minimum absolute atomic E-state index is 0.155. The molecule has 0 aromatic heterocycles. The van der Waals surface area contributed by atoms with Crippen molar-refractivity contribution in [1.82, 2.24) is 15.6 Å². The molecule has 8 nitrogen and oxygen atoms in total. The summed E-state index contributed by atoms with van der Waals surface area (Å²) < 4.78 is 5.76. The van der Waals surface area contributed by atoms with Crippen molar-refractivity contribution in [3.05, 3.63) is 90.2 Å². The Labute approximate surface area is 267 Å². The fourth-order valence-electron chi connectivity index (χ4n) is 4.90. The lowest BCUT2D eigenvalue weighted by Gasteiger charge is -2.33. The second kappa shape index (κ2) is 28.0. The van der Waals surface area contributed by atoms with Crippen molar-refractivity contribution in [2.24, 2.45) is 11.8 Å². The molecule has 1 saturated carbocycles. The predicted molar refractivity (Wildman–Crippen MR) is 184 cm³/mol. The van der Waals surface area contributed by atoms with Crippen LogP contribution in [0.3, 0.4) is 0 Å². The van der Waals surface area contributed by atoms with Crippen LogP contribution < -0.4 is 21.3 Å². The molecule has 1 atom stereocenters. The van der Waals surface area contributed by atoms with Gasteiger partial charge in [0.25, 0.3) is 5.91 Å². The second-order valence-electron chi connectivity index (χ2n) is 10.4. The van der Waals surface area contributed by atoms with Gasteiger partial charge in [0.05, 0.1) is 6.61 Å². The molecule has 1 fully saturated rings. The number of hydrogen-bond acceptors (Lipinski definition) is 7. The number of hydrogen-bond donors (Lipinski definition) is 3. The fourth-order valence-corrected chi connectivity index (χ4v) is 4.90. The van der Waals surface area contributed by atoms with E-state index in [0.29, 0.717) is 0 Å². The van der Waals surface area contributed by atoms with Gasteiger partial charge in [-0.1, -0.05) is 85.7 Å². The summed E-state index contributed by atoms with van der Waals surface area (Å²) in [5, 5.41) is 3.12. The van der Waals surface area contributed by atoms with Gasteiger partial charge in [-0.2, -0.15) is 0 Å². The lowest BCUT2D eigenvalue weighted by Crippen LogP contribution is -2.51. The Kier molecular flexibility index (Phi) is 27.0. The van der Waals surface area contributed by atoms with Crippen molar-refractivity contribution >= 4 is 19.0 Å². The Balaban J connectivity index is 0. The smallest absolute Gasteiger partial charge is 0.255 e. The first-order valence-corrected chi connectivity index (χ1v) is 15.2. The average Bonchev–Trinajstić information content (AvgIpc) is 3.06. The topological polar surface area (TPSA) is 114 Å². The molecule has 2 aromatic carbocycles. The van der Waals surface area contributed by atoms with E-state index >= 15 is 0 Å². The van der Waals surface area contributed by atoms with E-state index in [0.717, 1.165) is 48.8 Å². The van der Waals surface area contributed by atoms with Crippen molar-refractivity contribution in [2.45, 2.75) is 78.7 Å². The standard InChI is InChI=1S/C15H22O.C9H18N4O.C7H8.C2H4O.C2H4.CH2O/c1-13-7-9-15(10-8-13)16-12-11-14-5-3-2-4-6-14;1-6-7(11-2)4-5-13(3)8(6)9(14)12-10;1-7-5-3-2-4-6-7;1-2-3;2*1-2/h7-10,14H,2-6,11-12H2,1H3;8,11H,4-5,10H2,1-3H3,(H,12,14);2-6H,1H3;2H,1H3;1-2H2;1H2. The third-order valence-corrected chi connectivity index (χ3v) is 7.21. The van der Waals surface area contributed by atoms with E-state index in [4.69, 9.17) is 20.2 Å². The van der Waals surface area contributed by atoms with Gasteiger partial charge in [-0.3, -0.25) is 15.1 Å². The summed E-state index contributed by atoms with van der Waals surface area (Å²) in [4.78, 5) is 30.3. The first-order chi connectivity index (χ1) is 21.3. The number of nitrogens with one attached hydrogen (secondary N) is 2. The van der Waals surface area contributed by atoms with Crippen molar-refractivity contribution < 1.29 is 19.1 Å². The molecular formula is C36H58N4O4.